The smallest absolute Gasteiger partial charge is 0.325 e. The van der Waals surface area contributed by atoms with Gasteiger partial charge in [-0.1, -0.05) is 17.8 Å². The van der Waals surface area contributed by atoms with Gasteiger partial charge in [0, 0.05) is 42.4 Å². The van der Waals surface area contributed by atoms with Crippen LogP contribution in [0.15, 0.2) is 60.0 Å². The van der Waals surface area contributed by atoms with E-state index in [1.54, 1.807) is 31.5 Å². The number of imidazole rings is 1. The van der Waals surface area contributed by atoms with Crippen molar-refractivity contribution in [3.8, 4) is 22.9 Å². The second-order valence-corrected chi connectivity index (χ2v) is 7.51. The largest absolute Gasteiger partial charge is 0.497 e. The van der Waals surface area contributed by atoms with E-state index in [1.165, 1.54) is 11.8 Å². The number of methoxy groups -OCH3 is 1. The van der Waals surface area contributed by atoms with Crippen LogP contribution >= 0.6 is 11.8 Å². The van der Waals surface area contributed by atoms with Crippen LogP contribution in [0.5, 0.6) is 17.2 Å². The van der Waals surface area contributed by atoms with Crippen LogP contribution in [-0.4, -0.2) is 41.1 Å². The minimum Gasteiger partial charge on any atom is -0.497 e. The van der Waals surface area contributed by atoms with Crippen molar-refractivity contribution >= 4 is 29.4 Å². The first kappa shape index (κ1) is 20.6. The van der Waals surface area contributed by atoms with Gasteiger partial charge in [0.1, 0.15) is 5.75 Å². The molecule has 1 aliphatic heterocycles. The number of ether oxygens (including phenoxy) is 3. The first-order valence-electron chi connectivity index (χ1n) is 9.43. The summed E-state index contributed by atoms with van der Waals surface area (Å²) < 4.78 is 17.7. The van der Waals surface area contributed by atoms with Gasteiger partial charge in [-0.15, -0.1) is 0 Å². The number of thioether (sulfide) groups is 1. The van der Waals surface area contributed by atoms with Crippen molar-refractivity contribution in [1.29, 1.82) is 0 Å². The van der Waals surface area contributed by atoms with E-state index < -0.39 is 6.03 Å². The molecule has 3 amide bonds. The fraction of sp³-hybridized carbons (Fsp3) is 0.190. The number of benzene rings is 2. The number of anilines is 1. The fourth-order valence-corrected chi connectivity index (χ4v) is 3.82. The van der Waals surface area contributed by atoms with Crippen molar-refractivity contribution in [3.05, 3.63) is 54.9 Å². The average Bonchev–Trinajstić information content (AvgIpc) is 3.42. The van der Waals surface area contributed by atoms with Crippen molar-refractivity contribution in [1.82, 2.24) is 14.9 Å². The zero-order valence-electron chi connectivity index (χ0n) is 16.7. The van der Waals surface area contributed by atoms with Crippen LogP contribution in [0.25, 0.3) is 5.69 Å². The molecular formula is C21H20N4O5S. The summed E-state index contributed by atoms with van der Waals surface area (Å²) in [4.78, 5) is 28.5. The number of nitrogens with zero attached hydrogens (tertiary/aromatic N) is 2. The van der Waals surface area contributed by atoms with Crippen LogP contribution in [0.1, 0.15) is 6.42 Å². The molecule has 2 N–H and O–H groups in total. The molecule has 10 heteroatoms. The molecule has 0 unspecified atom stereocenters. The summed E-state index contributed by atoms with van der Waals surface area (Å²) in [6, 6.07) is 12.0. The topological polar surface area (TPSA) is 104 Å². The Hall–Kier alpha value is -3.66. The van der Waals surface area contributed by atoms with E-state index in [-0.39, 0.29) is 19.1 Å². The van der Waals surface area contributed by atoms with Crippen LogP contribution in [0.4, 0.5) is 10.5 Å². The van der Waals surface area contributed by atoms with Gasteiger partial charge >= 0.3 is 6.03 Å². The molecule has 0 saturated carbocycles. The van der Waals surface area contributed by atoms with Crippen molar-refractivity contribution in [2.45, 2.75) is 11.6 Å². The van der Waals surface area contributed by atoms with Gasteiger partial charge in [-0.3, -0.25) is 14.7 Å². The van der Waals surface area contributed by atoms with Crippen molar-refractivity contribution in [3.63, 3.8) is 0 Å². The second-order valence-electron chi connectivity index (χ2n) is 6.45. The lowest BCUT2D eigenvalue weighted by Gasteiger charge is -2.09. The number of aromatic nitrogens is 2. The highest BCUT2D eigenvalue weighted by molar-refractivity contribution is 7.99. The van der Waals surface area contributed by atoms with Gasteiger partial charge in [-0.2, -0.15) is 0 Å². The second kappa shape index (κ2) is 9.43. The fourth-order valence-electron chi connectivity index (χ4n) is 2.91. The molecule has 2 heterocycles. The van der Waals surface area contributed by atoms with Gasteiger partial charge in [0.25, 0.3) is 0 Å². The number of imide groups is 1. The van der Waals surface area contributed by atoms with Crippen molar-refractivity contribution in [2.75, 3.05) is 25.0 Å². The van der Waals surface area contributed by atoms with Gasteiger partial charge < -0.3 is 19.5 Å². The number of carbonyl (C=O) groups excluding carboxylic acids is 2. The minimum absolute atomic E-state index is 0.150. The SMILES string of the molecule is COc1cccc(-n2ccnc2SCCC(=O)NC(=O)Nc2ccc3c(c2)OCO3)c1. The molecule has 31 heavy (non-hydrogen) atoms. The quantitative estimate of drug-likeness (QED) is 0.543. The maximum atomic E-state index is 12.1. The van der Waals surface area contributed by atoms with E-state index >= 15 is 0 Å². The van der Waals surface area contributed by atoms with Gasteiger partial charge in [0.2, 0.25) is 12.7 Å². The summed E-state index contributed by atoms with van der Waals surface area (Å²) in [5.41, 5.74) is 1.41. The molecule has 1 aliphatic rings. The van der Waals surface area contributed by atoms with E-state index in [0.717, 1.165) is 16.6 Å². The number of urea groups is 1. The Morgan fingerprint density at radius 2 is 2.06 bits per heavy atom. The molecule has 0 atom stereocenters. The normalized spacial score (nSPS) is 11.8. The molecule has 3 aromatic rings. The number of rotatable bonds is 7. The van der Waals surface area contributed by atoms with Crippen molar-refractivity contribution < 1.29 is 23.8 Å². The van der Waals surface area contributed by atoms with E-state index in [2.05, 4.69) is 15.6 Å². The Morgan fingerprint density at radius 3 is 2.94 bits per heavy atom. The molecule has 2 aromatic carbocycles. The third-order valence-electron chi connectivity index (χ3n) is 4.38. The molecule has 4 rings (SSSR count). The number of hydrogen-bond acceptors (Lipinski definition) is 7. The maximum absolute atomic E-state index is 12.1. The molecule has 0 aliphatic carbocycles. The van der Waals surface area contributed by atoms with Crippen LogP contribution in [0.3, 0.4) is 0 Å². The van der Waals surface area contributed by atoms with E-state index in [4.69, 9.17) is 14.2 Å². The van der Waals surface area contributed by atoms with Gasteiger partial charge in [0.05, 0.1) is 12.8 Å². The standard InChI is InChI=1S/C21H20N4O5S/c1-28-16-4-2-3-15(12-16)25-9-8-22-21(25)31-10-7-19(26)24-20(27)23-14-5-6-17-18(11-14)30-13-29-17/h2-6,8-9,11-12H,7,10,13H2,1H3,(H2,23,24,26,27). The number of amides is 3. The van der Waals surface area contributed by atoms with Crippen LogP contribution in [0, 0.1) is 0 Å². The minimum atomic E-state index is -0.605. The molecule has 9 nitrogen and oxygen atoms in total. The third kappa shape index (κ3) is 5.10. The summed E-state index contributed by atoms with van der Waals surface area (Å²) in [5, 5.41) is 5.67. The van der Waals surface area contributed by atoms with Crippen LogP contribution < -0.4 is 24.8 Å². The maximum Gasteiger partial charge on any atom is 0.325 e. The van der Waals surface area contributed by atoms with E-state index in [9.17, 15) is 9.59 Å². The first-order chi connectivity index (χ1) is 15.1. The number of carbonyl (C=O) groups is 2. The highest BCUT2D eigenvalue weighted by Gasteiger charge is 2.15. The highest BCUT2D eigenvalue weighted by Crippen LogP contribution is 2.34. The summed E-state index contributed by atoms with van der Waals surface area (Å²) >= 11 is 1.42. The molecule has 160 valence electrons. The lowest BCUT2D eigenvalue weighted by Crippen LogP contribution is -2.34. The van der Waals surface area contributed by atoms with Gasteiger partial charge in [-0.25, -0.2) is 9.78 Å². The van der Waals surface area contributed by atoms with Gasteiger partial charge in [-0.05, 0) is 24.3 Å². The monoisotopic (exact) mass is 440 g/mol. The Bertz CT molecular complexity index is 1100. The average molecular weight is 440 g/mol. The predicted molar refractivity (Wildman–Crippen MR) is 115 cm³/mol. The molecule has 0 saturated heterocycles. The molecule has 1 aromatic heterocycles. The highest BCUT2D eigenvalue weighted by atomic mass is 32.2. The zero-order chi connectivity index (χ0) is 21.6. The zero-order valence-corrected chi connectivity index (χ0v) is 17.5. The first-order valence-corrected chi connectivity index (χ1v) is 10.4. The molecule has 0 radical (unpaired) electrons. The van der Waals surface area contributed by atoms with Crippen LogP contribution in [-0.2, 0) is 4.79 Å². The van der Waals surface area contributed by atoms with E-state index in [0.29, 0.717) is 22.9 Å². The van der Waals surface area contributed by atoms with Crippen LogP contribution in [0.2, 0.25) is 0 Å². The Balaban J connectivity index is 1.26. The number of hydrogen-bond donors (Lipinski definition) is 2. The molecule has 0 bridgehead atoms. The summed E-state index contributed by atoms with van der Waals surface area (Å²) in [5.74, 6) is 1.99. The number of fused-ring (bicyclic) bond motifs is 1. The van der Waals surface area contributed by atoms with Crippen molar-refractivity contribution in [2.24, 2.45) is 0 Å². The third-order valence-corrected chi connectivity index (χ3v) is 5.35. The Kier molecular flexibility index (Phi) is 6.27. The summed E-state index contributed by atoms with van der Waals surface area (Å²) in [6.07, 6.45) is 3.70. The van der Waals surface area contributed by atoms with Gasteiger partial charge in [0.15, 0.2) is 16.7 Å². The Labute approximate surface area is 182 Å². The summed E-state index contributed by atoms with van der Waals surface area (Å²) in [7, 11) is 1.62. The number of nitrogens with one attached hydrogen (secondary N) is 2. The molecule has 0 fully saturated rings. The molecular weight excluding hydrogens is 420 g/mol. The summed E-state index contributed by atoms with van der Waals surface area (Å²) in [6.45, 7) is 0.150. The lowest BCUT2D eigenvalue weighted by atomic mass is 10.3. The molecule has 0 spiro atoms. The predicted octanol–water partition coefficient (Wildman–Crippen LogP) is 3.44. The lowest BCUT2D eigenvalue weighted by molar-refractivity contribution is -0.119. The Morgan fingerprint density at radius 1 is 1.19 bits per heavy atom. The van der Waals surface area contributed by atoms with E-state index in [1.807, 2.05) is 35.0 Å².